The number of nitrogens with zero attached hydrogens (tertiary/aromatic N) is 2. The van der Waals surface area contributed by atoms with Crippen molar-refractivity contribution >= 4 is 0 Å². The topological polar surface area (TPSA) is 34.9 Å². The van der Waals surface area contributed by atoms with Gasteiger partial charge in [-0.15, -0.1) is 0 Å². The Bertz CT molecular complexity index is 726. The lowest BCUT2D eigenvalue weighted by Gasteiger charge is -2.33. The number of benzene rings is 1. The lowest BCUT2D eigenvalue weighted by atomic mass is 9.72. The maximum absolute atomic E-state index is 12.8. The first-order chi connectivity index (χ1) is 9.42. The molecule has 3 nitrogen and oxygen atoms in total. The molecule has 3 rings (SSSR count). The van der Waals surface area contributed by atoms with Gasteiger partial charge in [-0.1, -0.05) is 38.1 Å². The van der Waals surface area contributed by atoms with Crippen molar-refractivity contribution in [2.45, 2.75) is 45.6 Å². The monoisotopic (exact) mass is 268 g/mol. The Morgan fingerprint density at radius 1 is 1.25 bits per heavy atom. The summed E-state index contributed by atoms with van der Waals surface area (Å²) in [6, 6.07) is 8.39. The summed E-state index contributed by atoms with van der Waals surface area (Å²) in [5.74, 6) is 0. The third kappa shape index (κ3) is 1.80. The van der Waals surface area contributed by atoms with Crippen molar-refractivity contribution in [3.8, 4) is 11.3 Å². The van der Waals surface area contributed by atoms with Gasteiger partial charge in [0.1, 0.15) is 0 Å². The van der Waals surface area contributed by atoms with Crippen molar-refractivity contribution < 1.29 is 0 Å². The lowest BCUT2D eigenvalue weighted by Crippen LogP contribution is -2.37. The smallest absolute Gasteiger partial charge is 0.257 e. The predicted molar refractivity (Wildman–Crippen MR) is 81.0 cm³/mol. The molecule has 3 heteroatoms. The first-order valence-electron chi connectivity index (χ1n) is 7.12. The van der Waals surface area contributed by atoms with Crippen LogP contribution in [0.1, 0.15) is 44.9 Å². The summed E-state index contributed by atoms with van der Waals surface area (Å²) in [5, 5.41) is 0. The van der Waals surface area contributed by atoms with Gasteiger partial charge in [-0.25, -0.2) is 4.98 Å². The summed E-state index contributed by atoms with van der Waals surface area (Å²) in [5.41, 5.74) is 4.02. The molecule has 0 fully saturated rings. The largest absolute Gasteiger partial charge is 0.296 e. The molecule has 0 spiro atoms. The Kier molecular flexibility index (Phi) is 2.82. The third-order valence-electron chi connectivity index (χ3n) is 4.13. The van der Waals surface area contributed by atoms with E-state index in [9.17, 15) is 4.79 Å². The van der Waals surface area contributed by atoms with E-state index in [0.717, 1.165) is 23.2 Å². The minimum Gasteiger partial charge on any atom is -0.296 e. The Balaban J connectivity index is 2.37. The summed E-state index contributed by atoms with van der Waals surface area (Å²) >= 11 is 0. The van der Waals surface area contributed by atoms with Crippen LogP contribution in [0.4, 0.5) is 0 Å². The second kappa shape index (κ2) is 4.30. The van der Waals surface area contributed by atoms with Crippen LogP contribution in [0.5, 0.6) is 0 Å². The zero-order valence-corrected chi connectivity index (χ0v) is 12.5. The van der Waals surface area contributed by atoms with Gasteiger partial charge >= 0.3 is 0 Å². The fourth-order valence-corrected chi connectivity index (χ4v) is 3.12. The molecule has 0 N–H and O–H groups in total. The van der Waals surface area contributed by atoms with E-state index < -0.39 is 0 Å². The molecular formula is C17H20N2O. The summed E-state index contributed by atoms with van der Waals surface area (Å²) in [6.07, 6.45) is 2.57. The zero-order valence-electron chi connectivity index (χ0n) is 12.5. The van der Waals surface area contributed by atoms with Gasteiger partial charge in [0.05, 0.1) is 12.0 Å². The van der Waals surface area contributed by atoms with Gasteiger partial charge in [0.2, 0.25) is 0 Å². The average molecular weight is 268 g/mol. The van der Waals surface area contributed by atoms with Gasteiger partial charge in [0.15, 0.2) is 0 Å². The molecule has 1 aliphatic carbocycles. The Hall–Kier alpha value is -1.90. The molecule has 1 aliphatic rings. The zero-order chi connectivity index (χ0) is 14.5. The standard InChI is InChI=1S/C17H20N2O/c1-11(2)19-10-18-15-13-8-6-5-7-12(13)9-17(3,4)14(15)16(19)20/h5-8,10-11H,9H2,1-4H3. The summed E-state index contributed by atoms with van der Waals surface area (Å²) < 4.78 is 1.73. The normalized spacial score (nSPS) is 15.8. The molecule has 1 heterocycles. The van der Waals surface area contributed by atoms with Gasteiger partial charge < -0.3 is 0 Å². The highest BCUT2D eigenvalue weighted by Gasteiger charge is 2.35. The molecule has 2 aromatic rings. The molecule has 1 aromatic heterocycles. The summed E-state index contributed by atoms with van der Waals surface area (Å²) in [4.78, 5) is 17.4. The highest BCUT2D eigenvalue weighted by molar-refractivity contribution is 5.71. The molecule has 0 aliphatic heterocycles. The second-order valence-electron chi connectivity index (χ2n) is 6.49. The van der Waals surface area contributed by atoms with Crippen molar-refractivity contribution in [2.24, 2.45) is 0 Å². The fourth-order valence-electron chi connectivity index (χ4n) is 3.12. The van der Waals surface area contributed by atoms with Crippen molar-refractivity contribution in [3.63, 3.8) is 0 Å². The highest BCUT2D eigenvalue weighted by atomic mass is 16.1. The third-order valence-corrected chi connectivity index (χ3v) is 4.13. The minimum absolute atomic E-state index is 0.101. The van der Waals surface area contributed by atoms with Crippen LogP contribution in [-0.2, 0) is 11.8 Å². The molecule has 0 amide bonds. The molecule has 20 heavy (non-hydrogen) atoms. The number of rotatable bonds is 1. The highest BCUT2D eigenvalue weighted by Crippen LogP contribution is 2.39. The van der Waals surface area contributed by atoms with Crippen molar-refractivity contribution in [2.75, 3.05) is 0 Å². The van der Waals surface area contributed by atoms with Crippen LogP contribution in [0.15, 0.2) is 35.4 Å². The number of hydrogen-bond acceptors (Lipinski definition) is 2. The lowest BCUT2D eigenvalue weighted by molar-refractivity contribution is 0.483. The van der Waals surface area contributed by atoms with Gasteiger partial charge in [-0.05, 0) is 25.8 Å². The first-order valence-corrected chi connectivity index (χ1v) is 7.12. The van der Waals surface area contributed by atoms with Gasteiger partial charge in [0.25, 0.3) is 5.56 Å². The SMILES string of the molecule is CC(C)n1cnc2c(c1=O)C(C)(C)Cc1ccccc1-2. The van der Waals surface area contributed by atoms with E-state index in [0.29, 0.717) is 0 Å². The van der Waals surface area contributed by atoms with Crippen LogP contribution in [0.3, 0.4) is 0 Å². The molecular weight excluding hydrogens is 248 g/mol. The quantitative estimate of drug-likeness (QED) is 0.795. The van der Waals surface area contributed by atoms with E-state index in [1.807, 2.05) is 19.9 Å². The Morgan fingerprint density at radius 3 is 2.65 bits per heavy atom. The van der Waals surface area contributed by atoms with Gasteiger partial charge in [-0.2, -0.15) is 0 Å². The van der Waals surface area contributed by atoms with Crippen LogP contribution in [-0.4, -0.2) is 9.55 Å². The first kappa shape index (κ1) is 13.1. The average Bonchev–Trinajstić information content (AvgIpc) is 2.37. The van der Waals surface area contributed by atoms with Gasteiger partial charge in [0, 0.05) is 22.6 Å². The van der Waals surface area contributed by atoms with E-state index in [-0.39, 0.29) is 17.0 Å². The van der Waals surface area contributed by atoms with E-state index >= 15 is 0 Å². The number of aromatic nitrogens is 2. The van der Waals surface area contributed by atoms with E-state index in [1.165, 1.54) is 5.56 Å². The second-order valence-corrected chi connectivity index (χ2v) is 6.49. The molecule has 0 bridgehead atoms. The van der Waals surface area contributed by atoms with Crippen LogP contribution in [0.25, 0.3) is 11.3 Å². The molecule has 0 unspecified atom stereocenters. The Labute approximate surface area is 119 Å². The molecule has 0 saturated heterocycles. The molecule has 0 saturated carbocycles. The van der Waals surface area contributed by atoms with Crippen molar-refractivity contribution in [3.05, 3.63) is 52.1 Å². The summed E-state index contributed by atoms with van der Waals surface area (Å²) in [7, 11) is 0. The van der Waals surface area contributed by atoms with Crippen molar-refractivity contribution in [1.82, 2.24) is 9.55 Å². The summed E-state index contributed by atoms with van der Waals surface area (Å²) in [6.45, 7) is 8.30. The van der Waals surface area contributed by atoms with E-state index in [1.54, 1.807) is 10.9 Å². The van der Waals surface area contributed by atoms with Crippen LogP contribution in [0.2, 0.25) is 0 Å². The molecule has 1 aromatic carbocycles. The van der Waals surface area contributed by atoms with Crippen LogP contribution < -0.4 is 5.56 Å². The fraction of sp³-hybridized carbons (Fsp3) is 0.412. The van der Waals surface area contributed by atoms with Gasteiger partial charge in [-0.3, -0.25) is 9.36 Å². The molecule has 0 radical (unpaired) electrons. The van der Waals surface area contributed by atoms with Crippen LogP contribution in [0, 0.1) is 0 Å². The maximum Gasteiger partial charge on any atom is 0.257 e. The number of fused-ring (bicyclic) bond motifs is 3. The van der Waals surface area contributed by atoms with E-state index in [2.05, 4.69) is 37.0 Å². The number of hydrogen-bond donors (Lipinski definition) is 0. The van der Waals surface area contributed by atoms with Crippen LogP contribution >= 0.6 is 0 Å². The minimum atomic E-state index is -0.175. The molecule has 104 valence electrons. The maximum atomic E-state index is 12.8. The molecule has 0 atom stereocenters. The van der Waals surface area contributed by atoms with Crippen molar-refractivity contribution in [1.29, 1.82) is 0 Å². The van der Waals surface area contributed by atoms with E-state index in [4.69, 9.17) is 0 Å². The Morgan fingerprint density at radius 2 is 1.95 bits per heavy atom. The predicted octanol–water partition coefficient (Wildman–Crippen LogP) is 3.32.